The molecule has 0 aliphatic heterocycles. The van der Waals surface area contributed by atoms with Gasteiger partial charge in [0.15, 0.2) is 0 Å². The van der Waals surface area contributed by atoms with Gasteiger partial charge in [0.2, 0.25) is 0 Å². The summed E-state index contributed by atoms with van der Waals surface area (Å²) in [6.07, 6.45) is 5.27. The summed E-state index contributed by atoms with van der Waals surface area (Å²) in [5, 5.41) is 12.0. The predicted molar refractivity (Wildman–Crippen MR) is 85.3 cm³/mol. The topological polar surface area (TPSA) is 79.3 Å². The number of nitrogens with one attached hydrogen (secondary N) is 1. The number of aromatic carboxylic acids is 1. The molecule has 1 aliphatic carbocycles. The van der Waals surface area contributed by atoms with Gasteiger partial charge in [-0.2, -0.15) is 0 Å². The molecule has 5 heteroatoms. The van der Waals surface area contributed by atoms with E-state index in [0.717, 1.165) is 31.2 Å². The Balaban J connectivity index is 1.83. The molecule has 23 heavy (non-hydrogen) atoms. The monoisotopic (exact) mass is 310 g/mol. The summed E-state index contributed by atoms with van der Waals surface area (Å²) in [6.45, 7) is 0. The van der Waals surface area contributed by atoms with Gasteiger partial charge in [0, 0.05) is 6.20 Å². The van der Waals surface area contributed by atoms with Gasteiger partial charge in [-0.3, -0.25) is 4.79 Å². The Morgan fingerprint density at radius 2 is 1.74 bits per heavy atom. The van der Waals surface area contributed by atoms with Crippen LogP contribution in [0.1, 0.15) is 52.1 Å². The van der Waals surface area contributed by atoms with Gasteiger partial charge in [-0.15, -0.1) is 0 Å². The van der Waals surface area contributed by atoms with Crippen molar-refractivity contribution in [3.8, 4) is 0 Å². The van der Waals surface area contributed by atoms with Crippen LogP contribution in [0.3, 0.4) is 0 Å². The number of amides is 1. The zero-order valence-corrected chi connectivity index (χ0v) is 12.7. The summed E-state index contributed by atoms with van der Waals surface area (Å²) < 4.78 is 0. The number of carbonyl (C=O) groups is 2. The molecule has 1 fully saturated rings. The molecular weight excluding hydrogens is 292 g/mol. The van der Waals surface area contributed by atoms with Crippen molar-refractivity contribution in [2.24, 2.45) is 0 Å². The Labute approximate surface area is 134 Å². The minimum atomic E-state index is -1.10. The maximum atomic E-state index is 12.6. The van der Waals surface area contributed by atoms with E-state index >= 15 is 0 Å². The average Bonchev–Trinajstić information content (AvgIpc) is 3.05. The van der Waals surface area contributed by atoms with Gasteiger partial charge in [0.25, 0.3) is 5.91 Å². The van der Waals surface area contributed by atoms with Crippen molar-refractivity contribution in [2.75, 3.05) is 0 Å². The predicted octanol–water partition coefficient (Wildman–Crippen LogP) is 2.98. The van der Waals surface area contributed by atoms with Crippen LogP contribution in [0.25, 0.3) is 0 Å². The lowest BCUT2D eigenvalue weighted by molar-refractivity contribution is 0.0689. The van der Waals surface area contributed by atoms with Crippen molar-refractivity contribution in [1.29, 1.82) is 0 Å². The first-order chi connectivity index (χ1) is 11.1. The highest BCUT2D eigenvalue weighted by Gasteiger charge is 2.37. The molecule has 1 aromatic carbocycles. The standard InChI is InChI=1S/C18H18N2O3/c21-16(13-8-9-15(17(22)23)19-12-13)20-18(10-4-5-11-18)14-6-2-1-3-7-14/h1-3,6-9,12H,4-5,10-11H2,(H,20,21)(H,22,23). The van der Waals surface area contributed by atoms with Gasteiger partial charge in [-0.1, -0.05) is 43.2 Å². The highest BCUT2D eigenvalue weighted by atomic mass is 16.4. The number of pyridine rings is 1. The zero-order chi connectivity index (χ0) is 16.3. The molecule has 2 aromatic rings. The SMILES string of the molecule is O=C(NC1(c2ccccc2)CCCC1)c1ccc(C(=O)O)nc1. The first-order valence-electron chi connectivity index (χ1n) is 7.68. The molecule has 0 atom stereocenters. The molecule has 0 bridgehead atoms. The number of hydrogen-bond donors (Lipinski definition) is 2. The molecule has 3 rings (SSSR count). The maximum absolute atomic E-state index is 12.6. The lowest BCUT2D eigenvalue weighted by atomic mass is 9.88. The summed E-state index contributed by atoms with van der Waals surface area (Å²) in [6, 6.07) is 12.8. The van der Waals surface area contributed by atoms with E-state index in [-0.39, 0.29) is 17.1 Å². The Bertz CT molecular complexity index is 705. The van der Waals surface area contributed by atoms with Crippen LogP contribution in [0.15, 0.2) is 48.7 Å². The number of rotatable bonds is 4. The van der Waals surface area contributed by atoms with E-state index in [1.165, 1.54) is 18.3 Å². The van der Waals surface area contributed by atoms with Crippen LogP contribution in [0.2, 0.25) is 0 Å². The van der Waals surface area contributed by atoms with Crippen LogP contribution in [-0.2, 0) is 5.54 Å². The van der Waals surface area contributed by atoms with Crippen LogP contribution in [0.5, 0.6) is 0 Å². The fraction of sp³-hybridized carbons (Fsp3) is 0.278. The van der Waals surface area contributed by atoms with Crippen molar-refractivity contribution < 1.29 is 14.7 Å². The maximum Gasteiger partial charge on any atom is 0.354 e. The summed E-state index contributed by atoms with van der Waals surface area (Å²) in [7, 11) is 0. The Hall–Kier alpha value is -2.69. The van der Waals surface area contributed by atoms with E-state index in [9.17, 15) is 9.59 Å². The third-order valence-electron chi connectivity index (χ3n) is 4.38. The first kappa shape index (κ1) is 15.2. The summed E-state index contributed by atoms with van der Waals surface area (Å²) in [4.78, 5) is 27.2. The molecule has 1 heterocycles. The number of benzene rings is 1. The van der Waals surface area contributed by atoms with Crippen LogP contribution >= 0.6 is 0 Å². The molecule has 1 aromatic heterocycles. The van der Waals surface area contributed by atoms with E-state index in [1.807, 2.05) is 30.3 Å². The summed E-state index contributed by atoms with van der Waals surface area (Å²) in [5.41, 5.74) is 1.07. The molecule has 1 saturated carbocycles. The van der Waals surface area contributed by atoms with Crippen molar-refractivity contribution in [2.45, 2.75) is 31.2 Å². The molecule has 118 valence electrons. The number of aromatic nitrogens is 1. The largest absolute Gasteiger partial charge is 0.477 e. The van der Waals surface area contributed by atoms with Gasteiger partial charge in [-0.25, -0.2) is 9.78 Å². The molecule has 2 N–H and O–H groups in total. The van der Waals surface area contributed by atoms with Crippen molar-refractivity contribution >= 4 is 11.9 Å². The average molecular weight is 310 g/mol. The molecule has 0 spiro atoms. The molecule has 0 radical (unpaired) electrons. The van der Waals surface area contributed by atoms with Crippen LogP contribution < -0.4 is 5.32 Å². The third kappa shape index (κ3) is 3.08. The second-order valence-corrected chi connectivity index (χ2v) is 5.85. The summed E-state index contributed by atoms with van der Waals surface area (Å²) >= 11 is 0. The van der Waals surface area contributed by atoms with Crippen molar-refractivity contribution in [1.82, 2.24) is 10.3 Å². The second kappa shape index (κ2) is 6.20. The van der Waals surface area contributed by atoms with E-state index in [2.05, 4.69) is 10.3 Å². The van der Waals surface area contributed by atoms with Crippen LogP contribution in [-0.4, -0.2) is 22.0 Å². The quantitative estimate of drug-likeness (QED) is 0.910. The fourth-order valence-electron chi connectivity index (χ4n) is 3.17. The summed E-state index contributed by atoms with van der Waals surface area (Å²) in [5.74, 6) is -1.33. The number of carboxylic acids is 1. The zero-order valence-electron chi connectivity index (χ0n) is 12.7. The Morgan fingerprint density at radius 3 is 2.30 bits per heavy atom. The molecule has 0 unspecified atom stereocenters. The van der Waals surface area contributed by atoms with Gasteiger partial charge < -0.3 is 10.4 Å². The van der Waals surface area contributed by atoms with E-state index in [0.29, 0.717) is 5.56 Å². The Morgan fingerprint density at radius 1 is 1.04 bits per heavy atom. The van der Waals surface area contributed by atoms with E-state index < -0.39 is 5.97 Å². The second-order valence-electron chi connectivity index (χ2n) is 5.85. The van der Waals surface area contributed by atoms with Gasteiger partial charge in [-0.05, 0) is 30.5 Å². The van der Waals surface area contributed by atoms with Crippen molar-refractivity contribution in [3.63, 3.8) is 0 Å². The number of carbonyl (C=O) groups excluding carboxylic acids is 1. The van der Waals surface area contributed by atoms with Gasteiger partial charge in [0.05, 0.1) is 11.1 Å². The molecular formula is C18H18N2O3. The molecule has 0 saturated heterocycles. The Kier molecular flexibility index (Phi) is 4.10. The normalized spacial score (nSPS) is 16.0. The van der Waals surface area contributed by atoms with Crippen LogP contribution in [0, 0.1) is 0 Å². The number of hydrogen-bond acceptors (Lipinski definition) is 3. The van der Waals surface area contributed by atoms with Gasteiger partial charge in [0.1, 0.15) is 5.69 Å². The minimum Gasteiger partial charge on any atom is -0.477 e. The lowest BCUT2D eigenvalue weighted by Crippen LogP contribution is -2.43. The smallest absolute Gasteiger partial charge is 0.354 e. The lowest BCUT2D eigenvalue weighted by Gasteiger charge is -2.31. The minimum absolute atomic E-state index is 0.0693. The first-order valence-corrected chi connectivity index (χ1v) is 7.68. The van der Waals surface area contributed by atoms with Crippen molar-refractivity contribution in [3.05, 3.63) is 65.5 Å². The fourth-order valence-corrected chi connectivity index (χ4v) is 3.17. The third-order valence-corrected chi connectivity index (χ3v) is 4.38. The van der Waals surface area contributed by atoms with Crippen LogP contribution in [0.4, 0.5) is 0 Å². The number of carboxylic acid groups (broad SMARTS) is 1. The van der Waals surface area contributed by atoms with E-state index in [4.69, 9.17) is 5.11 Å². The van der Waals surface area contributed by atoms with Gasteiger partial charge >= 0.3 is 5.97 Å². The molecule has 1 amide bonds. The number of nitrogens with zero attached hydrogens (tertiary/aromatic N) is 1. The van der Waals surface area contributed by atoms with E-state index in [1.54, 1.807) is 0 Å². The highest BCUT2D eigenvalue weighted by molar-refractivity contribution is 5.95. The highest BCUT2D eigenvalue weighted by Crippen LogP contribution is 2.38. The molecule has 1 aliphatic rings. The molecule has 5 nitrogen and oxygen atoms in total.